The number of carbonyl (C=O) groups excluding carboxylic acids is 1. The zero-order valence-corrected chi connectivity index (χ0v) is 21.9. The van der Waals surface area contributed by atoms with Crippen molar-refractivity contribution in [3.8, 4) is 5.75 Å². The Morgan fingerprint density at radius 3 is 2.47 bits per heavy atom. The van der Waals surface area contributed by atoms with Crippen molar-refractivity contribution in [3.63, 3.8) is 0 Å². The number of aromatic nitrogens is 1. The second-order valence-electron chi connectivity index (χ2n) is 9.66. The Labute approximate surface area is 223 Å². The summed E-state index contributed by atoms with van der Waals surface area (Å²) in [5.74, 6) is 0.424. The number of fused-ring (bicyclic) bond motifs is 1. The van der Waals surface area contributed by atoms with Gasteiger partial charge in [-0.05, 0) is 36.2 Å². The molecule has 3 aromatic carbocycles. The summed E-state index contributed by atoms with van der Waals surface area (Å²) in [6.07, 6.45) is 5.24. The van der Waals surface area contributed by atoms with Gasteiger partial charge in [0.25, 0.3) is 5.91 Å². The van der Waals surface area contributed by atoms with Crippen molar-refractivity contribution in [2.45, 2.75) is 26.5 Å². The van der Waals surface area contributed by atoms with E-state index in [4.69, 9.17) is 4.74 Å². The molecule has 0 bridgehead atoms. The maximum atomic E-state index is 14.1. The van der Waals surface area contributed by atoms with Crippen LogP contribution in [-0.4, -0.2) is 53.0 Å². The number of rotatable bonds is 9. The van der Waals surface area contributed by atoms with Gasteiger partial charge in [-0.25, -0.2) is 4.39 Å². The monoisotopic (exact) mass is 511 g/mol. The third-order valence-corrected chi connectivity index (χ3v) is 7.05. The highest BCUT2D eigenvalue weighted by Crippen LogP contribution is 2.31. The first-order chi connectivity index (χ1) is 18.6. The highest BCUT2D eigenvalue weighted by molar-refractivity contribution is 6.00. The van der Waals surface area contributed by atoms with Gasteiger partial charge in [0.05, 0.1) is 5.52 Å². The van der Waals surface area contributed by atoms with Crippen molar-refractivity contribution >= 4 is 22.9 Å². The molecule has 0 saturated carbocycles. The van der Waals surface area contributed by atoms with E-state index in [9.17, 15) is 9.18 Å². The maximum Gasteiger partial charge on any atom is 0.270 e. The normalized spacial score (nSPS) is 14.4. The van der Waals surface area contributed by atoms with Gasteiger partial charge in [-0.1, -0.05) is 73.7 Å². The summed E-state index contributed by atoms with van der Waals surface area (Å²) in [4.78, 5) is 18.0. The minimum Gasteiger partial charge on any atom is -0.488 e. The van der Waals surface area contributed by atoms with Crippen LogP contribution >= 0.6 is 0 Å². The van der Waals surface area contributed by atoms with Crippen LogP contribution < -0.4 is 4.74 Å². The molecule has 196 valence electrons. The van der Waals surface area contributed by atoms with E-state index in [2.05, 4.69) is 40.7 Å². The maximum absolute atomic E-state index is 14.1. The fourth-order valence-electron chi connectivity index (χ4n) is 4.99. The van der Waals surface area contributed by atoms with Crippen molar-refractivity contribution in [1.82, 2.24) is 14.4 Å². The third kappa shape index (κ3) is 5.81. The van der Waals surface area contributed by atoms with Crippen LogP contribution in [0.15, 0.2) is 84.9 Å². The van der Waals surface area contributed by atoms with Gasteiger partial charge in [-0.2, -0.15) is 0 Å². The minimum atomic E-state index is -0.284. The number of piperazine rings is 1. The van der Waals surface area contributed by atoms with E-state index in [-0.39, 0.29) is 18.3 Å². The Hall–Kier alpha value is -3.90. The summed E-state index contributed by atoms with van der Waals surface area (Å²) in [7, 11) is 0. The van der Waals surface area contributed by atoms with Gasteiger partial charge < -0.3 is 14.2 Å². The first-order valence-electron chi connectivity index (χ1n) is 13.4. The van der Waals surface area contributed by atoms with Gasteiger partial charge in [-0.3, -0.25) is 9.69 Å². The van der Waals surface area contributed by atoms with Crippen molar-refractivity contribution < 1.29 is 13.9 Å². The molecule has 38 heavy (non-hydrogen) atoms. The number of halogens is 1. The molecule has 0 unspecified atom stereocenters. The standard InChI is InChI=1S/C32H34FN3O2/c1-2-17-36-29-15-8-16-31(38-24-26-13-6-7-14-28(26)33)27(29)23-30(36)32(37)35-21-19-34(20-22-35)18-9-12-25-10-4-3-5-11-25/h3-16,23H,2,17-22,24H2,1H3/b12-9+. The summed E-state index contributed by atoms with van der Waals surface area (Å²) >= 11 is 0. The van der Waals surface area contributed by atoms with Gasteiger partial charge in [0.2, 0.25) is 0 Å². The third-order valence-electron chi connectivity index (χ3n) is 7.05. The summed E-state index contributed by atoms with van der Waals surface area (Å²) in [5, 5.41) is 0.880. The number of hydrogen-bond donors (Lipinski definition) is 0. The topological polar surface area (TPSA) is 37.7 Å². The zero-order valence-electron chi connectivity index (χ0n) is 21.9. The predicted molar refractivity (Wildman–Crippen MR) is 151 cm³/mol. The van der Waals surface area contributed by atoms with Crippen LogP contribution in [-0.2, 0) is 13.2 Å². The number of amides is 1. The quantitative estimate of drug-likeness (QED) is 0.267. The van der Waals surface area contributed by atoms with Gasteiger partial charge in [0.1, 0.15) is 23.9 Å². The summed E-state index contributed by atoms with van der Waals surface area (Å²) in [6.45, 7) is 6.94. The SMILES string of the molecule is CCCn1c(C(=O)N2CCN(C/C=C/c3ccccc3)CC2)cc2c(OCc3ccccc3F)cccc21. The minimum absolute atomic E-state index is 0.0502. The first kappa shape index (κ1) is 25.7. The second kappa shape index (κ2) is 12.1. The van der Waals surface area contributed by atoms with Crippen molar-refractivity contribution in [2.24, 2.45) is 0 Å². The van der Waals surface area contributed by atoms with Crippen molar-refractivity contribution in [3.05, 3.63) is 108 Å². The molecule has 5 nitrogen and oxygen atoms in total. The number of aryl methyl sites for hydroxylation is 1. The zero-order chi connectivity index (χ0) is 26.3. The molecule has 5 rings (SSSR count). The fraction of sp³-hybridized carbons (Fsp3) is 0.281. The Morgan fingerprint density at radius 1 is 0.947 bits per heavy atom. The lowest BCUT2D eigenvalue weighted by Gasteiger charge is -2.34. The summed E-state index contributed by atoms with van der Waals surface area (Å²) < 4.78 is 22.3. The molecule has 1 fully saturated rings. The highest BCUT2D eigenvalue weighted by Gasteiger charge is 2.25. The fourth-order valence-corrected chi connectivity index (χ4v) is 4.99. The Balaban J connectivity index is 1.28. The average molecular weight is 512 g/mol. The van der Waals surface area contributed by atoms with Crippen molar-refractivity contribution in [1.29, 1.82) is 0 Å². The van der Waals surface area contributed by atoms with Crippen LogP contribution in [0.25, 0.3) is 17.0 Å². The van der Waals surface area contributed by atoms with E-state index >= 15 is 0 Å². The Kier molecular flexibility index (Phi) is 8.19. The van der Waals surface area contributed by atoms with Crippen LogP contribution in [0.1, 0.15) is 35.0 Å². The predicted octanol–water partition coefficient (Wildman–Crippen LogP) is 6.24. The number of carbonyl (C=O) groups is 1. The van der Waals surface area contributed by atoms with Gasteiger partial charge in [0.15, 0.2) is 0 Å². The molecule has 1 aliphatic heterocycles. The largest absolute Gasteiger partial charge is 0.488 e. The molecule has 0 radical (unpaired) electrons. The lowest BCUT2D eigenvalue weighted by Crippen LogP contribution is -2.49. The van der Waals surface area contributed by atoms with Crippen LogP contribution in [0.4, 0.5) is 4.39 Å². The van der Waals surface area contributed by atoms with E-state index in [1.807, 2.05) is 47.4 Å². The highest BCUT2D eigenvalue weighted by atomic mass is 19.1. The lowest BCUT2D eigenvalue weighted by molar-refractivity contribution is 0.0640. The van der Waals surface area contributed by atoms with Gasteiger partial charge in [0, 0.05) is 50.2 Å². The van der Waals surface area contributed by atoms with Crippen LogP contribution in [0, 0.1) is 5.82 Å². The second-order valence-corrected chi connectivity index (χ2v) is 9.66. The van der Waals surface area contributed by atoms with Crippen LogP contribution in [0.3, 0.4) is 0 Å². The van der Waals surface area contributed by atoms with E-state index < -0.39 is 0 Å². The molecule has 1 aromatic heterocycles. The number of nitrogens with zero attached hydrogens (tertiary/aromatic N) is 3. The molecule has 1 aliphatic rings. The molecule has 0 aliphatic carbocycles. The molecule has 1 saturated heterocycles. The molecule has 0 atom stereocenters. The summed E-state index contributed by atoms with van der Waals surface area (Å²) in [5.41, 5.74) is 3.35. The van der Waals surface area contributed by atoms with E-state index in [0.717, 1.165) is 43.5 Å². The van der Waals surface area contributed by atoms with Crippen LogP contribution in [0.5, 0.6) is 5.75 Å². The molecule has 6 heteroatoms. The number of ether oxygens (including phenoxy) is 1. The smallest absolute Gasteiger partial charge is 0.270 e. The molecule has 0 spiro atoms. The molecule has 0 N–H and O–H groups in total. The molecule has 2 heterocycles. The average Bonchev–Trinajstić information content (AvgIpc) is 3.32. The van der Waals surface area contributed by atoms with Crippen LogP contribution in [0.2, 0.25) is 0 Å². The Bertz CT molecular complexity index is 1410. The first-order valence-corrected chi connectivity index (χ1v) is 13.4. The molecular formula is C32H34FN3O2. The molecular weight excluding hydrogens is 477 g/mol. The van der Waals surface area contributed by atoms with E-state index in [1.165, 1.54) is 11.6 Å². The van der Waals surface area contributed by atoms with E-state index in [1.54, 1.807) is 18.2 Å². The number of hydrogen-bond acceptors (Lipinski definition) is 3. The molecule has 4 aromatic rings. The lowest BCUT2D eigenvalue weighted by atomic mass is 10.2. The molecule has 1 amide bonds. The Morgan fingerprint density at radius 2 is 1.71 bits per heavy atom. The van der Waals surface area contributed by atoms with Gasteiger partial charge in [-0.15, -0.1) is 0 Å². The van der Waals surface area contributed by atoms with E-state index in [0.29, 0.717) is 30.1 Å². The van der Waals surface area contributed by atoms with Gasteiger partial charge >= 0.3 is 0 Å². The number of benzene rings is 3. The summed E-state index contributed by atoms with van der Waals surface area (Å²) in [6, 6.07) is 24.7. The van der Waals surface area contributed by atoms with Crippen molar-refractivity contribution in [2.75, 3.05) is 32.7 Å².